The van der Waals surface area contributed by atoms with Gasteiger partial charge in [0.1, 0.15) is 5.82 Å². The Morgan fingerprint density at radius 1 is 1.00 bits per heavy atom. The number of carbonyl (C=O) groups excluding carboxylic acids is 2. The highest BCUT2D eigenvalue weighted by atomic mass is 19.2. The number of piperidine rings is 1. The molecule has 32 heavy (non-hydrogen) atoms. The fourth-order valence-corrected chi connectivity index (χ4v) is 4.62. The number of aliphatic hydroxyl groups is 1. The lowest BCUT2D eigenvalue weighted by molar-refractivity contribution is -0.135. The van der Waals surface area contributed by atoms with Crippen molar-refractivity contribution in [1.29, 1.82) is 0 Å². The molecular weight excluding hydrogens is 423 g/mol. The summed E-state index contributed by atoms with van der Waals surface area (Å²) in [4.78, 5) is 26.3. The van der Waals surface area contributed by atoms with Gasteiger partial charge in [0.25, 0.3) is 0 Å². The smallest absolute Gasteiger partial charge is 0.223 e. The van der Waals surface area contributed by atoms with E-state index in [2.05, 4.69) is 5.32 Å². The zero-order valence-electron chi connectivity index (χ0n) is 18.2. The van der Waals surface area contributed by atoms with E-state index in [9.17, 15) is 27.9 Å². The third-order valence-electron chi connectivity index (χ3n) is 6.67. The highest BCUT2D eigenvalue weighted by Gasteiger charge is 2.28. The largest absolute Gasteiger partial charge is 0.393 e. The maximum absolute atomic E-state index is 13.9. The second-order valence-electron chi connectivity index (χ2n) is 9.02. The molecule has 2 amide bonds. The molecule has 6 nitrogen and oxygen atoms in total. The van der Waals surface area contributed by atoms with Gasteiger partial charge in [-0.15, -0.1) is 0 Å². The van der Waals surface area contributed by atoms with Crippen molar-refractivity contribution in [3.05, 3.63) is 35.1 Å². The highest BCUT2D eigenvalue weighted by Crippen LogP contribution is 2.24. The van der Waals surface area contributed by atoms with Crippen LogP contribution in [0.5, 0.6) is 0 Å². The highest BCUT2D eigenvalue weighted by molar-refractivity contribution is 5.84. The van der Waals surface area contributed by atoms with Crippen molar-refractivity contribution in [2.24, 2.45) is 11.7 Å². The number of carbonyl (C=O) groups is 2. The van der Waals surface area contributed by atoms with E-state index in [1.165, 1.54) is 0 Å². The number of amides is 2. The number of nitrogens with one attached hydrogen (secondary N) is 1. The van der Waals surface area contributed by atoms with E-state index >= 15 is 0 Å². The summed E-state index contributed by atoms with van der Waals surface area (Å²) in [5, 5.41) is 12.5. The van der Waals surface area contributed by atoms with Gasteiger partial charge in [0.15, 0.2) is 11.6 Å². The SMILES string of the molecule is NC(Cc1cc(F)c(F)cc1F)C1CCN(C(=O)CCC(=O)NC2CCC(O)CC2)CC1. The number of hydrogen-bond acceptors (Lipinski definition) is 4. The van der Waals surface area contributed by atoms with Crippen molar-refractivity contribution in [3.8, 4) is 0 Å². The van der Waals surface area contributed by atoms with Gasteiger partial charge in [0.2, 0.25) is 11.8 Å². The van der Waals surface area contributed by atoms with Gasteiger partial charge >= 0.3 is 0 Å². The lowest BCUT2D eigenvalue weighted by Gasteiger charge is -2.35. The van der Waals surface area contributed by atoms with Crippen LogP contribution >= 0.6 is 0 Å². The molecule has 1 aliphatic carbocycles. The average Bonchev–Trinajstić information content (AvgIpc) is 2.77. The zero-order chi connectivity index (χ0) is 23.3. The quantitative estimate of drug-likeness (QED) is 0.551. The first kappa shape index (κ1) is 24.5. The van der Waals surface area contributed by atoms with Gasteiger partial charge in [-0.05, 0) is 62.5 Å². The van der Waals surface area contributed by atoms with E-state index in [0.29, 0.717) is 44.8 Å². The molecule has 9 heteroatoms. The van der Waals surface area contributed by atoms with E-state index in [0.717, 1.165) is 18.9 Å². The lowest BCUT2D eigenvalue weighted by atomic mass is 9.86. The van der Waals surface area contributed by atoms with Gasteiger partial charge in [0.05, 0.1) is 6.10 Å². The predicted octanol–water partition coefficient (Wildman–Crippen LogP) is 2.41. The second kappa shape index (κ2) is 11.1. The van der Waals surface area contributed by atoms with Gasteiger partial charge in [-0.3, -0.25) is 9.59 Å². The minimum Gasteiger partial charge on any atom is -0.393 e. The number of likely N-dealkylation sites (tertiary alicyclic amines) is 1. The Bertz CT molecular complexity index is 807. The molecule has 1 aliphatic heterocycles. The van der Waals surface area contributed by atoms with Gasteiger partial charge in [-0.25, -0.2) is 13.2 Å². The van der Waals surface area contributed by atoms with Crippen LogP contribution in [0.25, 0.3) is 0 Å². The molecule has 178 valence electrons. The molecule has 0 radical (unpaired) electrons. The summed E-state index contributed by atoms with van der Waals surface area (Å²) in [7, 11) is 0. The average molecular weight is 456 g/mol. The topological polar surface area (TPSA) is 95.7 Å². The summed E-state index contributed by atoms with van der Waals surface area (Å²) < 4.78 is 40.4. The number of benzene rings is 1. The maximum atomic E-state index is 13.9. The van der Waals surface area contributed by atoms with Crippen molar-refractivity contribution >= 4 is 11.8 Å². The molecule has 3 rings (SSSR count). The molecule has 1 saturated carbocycles. The Kier molecular flexibility index (Phi) is 8.53. The van der Waals surface area contributed by atoms with E-state index in [-0.39, 0.29) is 54.7 Å². The third kappa shape index (κ3) is 6.68. The molecule has 1 saturated heterocycles. The molecule has 1 atom stereocenters. The first-order chi connectivity index (χ1) is 15.2. The molecule has 0 aromatic heterocycles. The standard InChI is InChI=1S/C23H32F3N3O3/c24-18-13-20(26)19(25)11-15(18)12-21(27)14-7-9-29(10-8-14)23(32)6-5-22(31)28-16-1-3-17(30)4-2-16/h11,13-14,16-17,21,30H,1-10,12,27H2,(H,28,31). The second-order valence-corrected chi connectivity index (χ2v) is 9.02. The van der Waals surface area contributed by atoms with Crippen molar-refractivity contribution in [2.45, 2.75) is 76.0 Å². The molecule has 0 spiro atoms. The van der Waals surface area contributed by atoms with Gasteiger partial charge in [0, 0.05) is 44.1 Å². The number of aliphatic hydroxyl groups excluding tert-OH is 1. The zero-order valence-corrected chi connectivity index (χ0v) is 18.2. The lowest BCUT2D eigenvalue weighted by Crippen LogP contribution is -2.44. The van der Waals surface area contributed by atoms with Crippen LogP contribution in [0.2, 0.25) is 0 Å². The van der Waals surface area contributed by atoms with Crippen LogP contribution in [0.1, 0.15) is 56.9 Å². The molecule has 2 fully saturated rings. The first-order valence-corrected chi connectivity index (χ1v) is 11.4. The Morgan fingerprint density at radius 3 is 2.28 bits per heavy atom. The van der Waals surface area contributed by atoms with Crippen molar-refractivity contribution in [3.63, 3.8) is 0 Å². The molecule has 0 bridgehead atoms. The van der Waals surface area contributed by atoms with Gasteiger partial charge in [-0.2, -0.15) is 0 Å². The number of hydrogen-bond donors (Lipinski definition) is 3. The molecule has 1 aromatic rings. The van der Waals surface area contributed by atoms with Crippen molar-refractivity contribution < 1.29 is 27.9 Å². The Morgan fingerprint density at radius 2 is 1.62 bits per heavy atom. The van der Waals surface area contributed by atoms with Crippen LogP contribution in [0, 0.1) is 23.4 Å². The normalized spacial score (nSPS) is 23.1. The fourth-order valence-electron chi connectivity index (χ4n) is 4.62. The maximum Gasteiger partial charge on any atom is 0.223 e. The van der Waals surface area contributed by atoms with E-state index < -0.39 is 23.5 Å². The van der Waals surface area contributed by atoms with Gasteiger partial charge < -0.3 is 21.1 Å². The molecule has 4 N–H and O–H groups in total. The molecule has 1 unspecified atom stereocenters. The van der Waals surface area contributed by atoms with Crippen LogP contribution in [0.15, 0.2) is 12.1 Å². The summed E-state index contributed by atoms with van der Waals surface area (Å²) in [6.45, 7) is 0.999. The van der Waals surface area contributed by atoms with Gasteiger partial charge in [-0.1, -0.05) is 0 Å². The minimum atomic E-state index is -1.22. The summed E-state index contributed by atoms with van der Waals surface area (Å²) in [5.41, 5.74) is 6.25. The predicted molar refractivity (Wildman–Crippen MR) is 113 cm³/mol. The number of nitrogens with zero attached hydrogens (tertiary/aromatic N) is 1. The number of halogens is 3. The number of rotatable bonds is 7. The Balaban J connectivity index is 1.38. The van der Waals surface area contributed by atoms with Crippen LogP contribution < -0.4 is 11.1 Å². The molecule has 1 heterocycles. The van der Waals surface area contributed by atoms with Crippen LogP contribution in [0.4, 0.5) is 13.2 Å². The van der Waals surface area contributed by atoms with E-state index in [1.807, 2.05) is 0 Å². The number of nitrogens with two attached hydrogens (primary N) is 1. The monoisotopic (exact) mass is 455 g/mol. The molecule has 1 aromatic carbocycles. The van der Waals surface area contributed by atoms with Crippen molar-refractivity contribution in [2.75, 3.05) is 13.1 Å². The first-order valence-electron chi connectivity index (χ1n) is 11.4. The van der Waals surface area contributed by atoms with E-state index in [1.54, 1.807) is 4.90 Å². The third-order valence-corrected chi connectivity index (χ3v) is 6.67. The van der Waals surface area contributed by atoms with Crippen molar-refractivity contribution in [1.82, 2.24) is 10.2 Å². The van der Waals surface area contributed by atoms with Crippen LogP contribution in [-0.2, 0) is 16.0 Å². The van der Waals surface area contributed by atoms with Crippen LogP contribution in [-0.4, -0.2) is 53.1 Å². The fraction of sp³-hybridized carbons (Fsp3) is 0.652. The molecule has 2 aliphatic rings. The Hall–Kier alpha value is -2.13. The summed E-state index contributed by atoms with van der Waals surface area (Å²) in [6, 6.07) is 1.03. The summed E-state index contributed by atoms with van der Waals surface area (Å²) >= 11 is 0. The van der Waals surface area contributed by atoms with E-state index in [4.69, 9.17) is 5.73 Å². The molecular formula is C23H32F3N3O3. The summed E-state index contributed by atoms with van der Waals surface area (Å²) in [5.74, 6) is -3.33. The Labute approximate surface area is 186 Å². The summed E-state index contributed by atoms with van der Waals surface area (Å²) in [6.07, 6.45) is 4.23. The minimum absolute atomic E-state index is 0.0384. The van der Waals surface area contributed by atoms with Crippen LogP contribution in [0.3, 0.4) is 0 Å².